The maximum atomic E-state index is 12.2. The molecule has 0 heterocycles. The van der Waals surface area contributed by atoms with Gasteiger partial charge in [0.1, 0.15) is 0 Å². The number of benzene rings is 1. The van der Waals surface area contributed by atoms with Gasteiger partial charge in [-0.2, -0.15) is 0 Å². The Hall–Kier alpha value is -1.00. The molecule has 0 aliphatic rings. The Morgan fingerprint density at radius 3 is 1.78 bits per heavy atom. The molecule has 1 aromatic rings. The predicted molar refractivity (Wildman–Crippen MR) is 90.0 cm³/mol. The van der Waals surface area contributed by atoms with Crippen LogP contribution >= 0.6 is 0 Å². The summed E-state index contributed by atoms with van der Waals surface area (Å²) >= 11 is 0. The van der Waals surface area contributed by atoms with Crippen LogP contribution in [0, 0.1) is 0 Å². The van der Waals surface area contributed by atoms with Crippen molar-refractivity contribution in [3.8, 4) is 0 Å². The van der Waals surface area contributed by atoms with E-state index in [4.69, 9.17) is 5.14 Å². The summed E-state index contributed by atoms with van der Waals surface area (Å²) in [5, 5.41) is 4.99. The fourth-order valence-electron chi connectivity index (χ4n) is 2.31. The zero-order chi connectivity index (χ0) is 17.8. The Morgan fingerprint density at radius 1 is 0.957 bits per heavy atom. The van der Waals surface area contributed by atoms with Gasteiger partial charge in [-0.1, -0.05) is 0 Å². The molecule has 1 aromatic carbocycles. The summed E-state index contributed by atoms with van der Waals surface area (Å²) in [5.74, 6) is 0. The SMILES string of the molecule is CC(C)N(CCNS(=O)(=O)c1ccc(S(N)(=O)=O)cc1)C(C)C. The first kappa shape index (κ1) is 20.0. The normalized spacial score (nSPS) is 13.2. The van der Waals surface area contributed by atoms with E-state index in [1.807, 2.05) is 0 Å². The maximum absolute atomic E-state index is 12.2. The highest BCUT2D eigenvalue weighted by molar-refractivity contribution is 7.89. The van der Waals surface area contributed by atoms with Gasteiger partial charge in [-0.25, -0.2) is 26.7 Å². The molecule has 0 aliphatic carbocycles. The average molecular weight is 364 g/mol. The molecule has 9 heteroatoms. The van der Waals surface area contributed by atoms with Gasteiger partial charge in [0.15, 0.2) is 0 Å². The minimum absolute atomic E-state index is 0.00513. The minimum atomic E-state index is -3.83. The van der Waals surface area contributed by atoms with E-state index >= 15 is 0 Å². The molecule has 0 saturated carbocycles. The summed E-state index contributed by atoms with van der Waals surface area (Å²) in [6, 6.07) is 5.44. The molecule has 0 bridgehead atoms. The monoisotopic (exact) mass is 363 g/mol. The van der Waals surface area contributed by atoms with Crippen molar-refractivity contribution in [2.45, 2.75) is 49.6 Å². The first-order valence-electron chi connectivity index (χ1n) is 7.33. The standard InChI is InChI=1S/C14H25N3O4S2/c1-11(2)17(12(3)4)10-9-16-23(20,21)14-7-5-13(6-8-14)22(15,18)19/h5-8,11-12,16H,9-10H2,1-4H3,(H2,15,18,19). The summed E-state index contributed by atoms with van der Waals surface area (Å²) in [7, 11) is -7.52. The van der Waals surface area contributed by atoms with Gasteiger partial charge in [0.05, 0.1) is 9.79 Å². The molecule has 132 valence electrons. The number of hydrogen-bond acceptors (Lipinski definition) is 5. The van der Waals surface area contributed by atoms with Crippen molar-refractivity contribution >= 4 is 20.0 Å². The molecule has 0 saturated heterocycles. The lowest BCUT2D eigenvalue weighted by molar-refractivity contribution is 0.179. The number of rotatable bonds is 8. The molecule has 23 heavy (non-hydrogen) atoms. The fraction of sp³-hybridized carbons (Fsp3) is 0.571. The molecular weight excluding hydrogens is 338 g/mol. The van der Waals surface area contributed by atoms with Crippen LogP contribution in [0.1, 0.15) is 27.7 Å². The minimum Gasteiger partial charge on any atom is -0.297 e. The smallest absolute Gasteiger partial charge is 0.240 e. The van der Waals surface area contributed by atoms with Gasteiger partial charge in [0.2, 0.25) is 20.0 Å². The van der Waals surface area contributed by atoms with Crippen LogP contribution in [0.5, 0.6) is 0 Å². The van der Waals surface area contributed by atoms with E-state index in [1.165, 1.54) is 24.3 Å². The van der Waals surface area contributed by atoms with E-state index in [0.717, 1.165) is 0 Å². The van der Waals surface area contributed by atoms with Crippen molar-refractivity contribution in [3.63, 3.8) is 0 Å². The lowest BCUT2D eigenvalue weighted by Crippen LogP contribution is -2.42. The first-order valence-corrected chi connectivity index (χ1v) is 10.4. The Kier molecular flexibility index (Phi) is 6.72. The van der Waals surface area contributed by atoms with Gasteiger partial charge < -0.3 is 0 Å². The quantitative estimate of drug-likeness (QED) is 0.707. The van der Waals surface area contributed by atoms with Crippen LogP contribution in [0.4, 0.5) is 0 Å². The topological polar surface area (TPSA) is 110 Å². The number of hydrogen-bond donors (Lipinski definition) is 2. The molecule has 0 aromatic heterocycles. The van der Waals surface area contributed by atoms with E-state index in [0.29, 0.717) is 18.6 Å². The predicted octanol–water partition coefficient (Wildman–Crippen LogP) is 0.731. The van der Waals surface area contributed by atoms with Gasteiger partial charge in [0.25, 0.3) is 0 Å². The number of nitrogens with zero attached hydrogens (tertiary/aromatic N) is 1. The summed E-state index contributed by atoms with van der Waals surface area (Å²) in [4.78, 5) is 2.06. The Labute approximate surface area is 139 Å². The molecule has 0 amide bonds. The van der Waals surface area contributed by atoms with Gasteiger partial charge in [-0.05, 0) is 52.0 Å². The third-order valence-electron chi connectivity index (χ3n) is 3.45. The number of nitrogens with two attached hydrogens (primary N) is 1. The van der Waals surface area contributed by atoms with Gasteiger partial charge in [-0.15, -0.1) is 0 Å². The van der Waals surface area contributed by atoms with Gasteiger partial charge in [0, 0.05) is 25.2 Å². The van der Waals surface area contributed by atoms with Crippen molar-refractivity contribution in [2.24, 2.45) is 5.14 Å². The second-order valence-corrected chi connectivity index (χ2v) is 9.17. The summed E-state index contributed by atoms with van der Waals surface area (Å²) < 4.78 is 49.3. The second kappa shape index (κ2) is 7.71. The number of sulfonamides is 2. The Bertz CT molecular complexity index is 703. The van der Waals surface area contributed by atoms with Gasteiger partial charge in [-0.3, -0.25) is 4.90 Å². The molecule has 0 aliphatic heterocycles. The highest BCUT2D eigenvalue weighted by Crippen LogP contribution is 2.13. The molecule has 0 radical (unpaired) electrons. The first-order chi connectivity index (χ1) is 10.4. The van der Waals surface area contributed by atoms with E-state index in [9.17, 15) is 16.8 Å². The van der Waals surface area contributed by atoms with Crippen LogP contribution < -0.4 is 9.86 Å². The molecule has 3 N–H and O–H groups in total. The van der Waals surface area contributed by atoms with Crippen molar-refractivity contribution in [1.82, 2.24) is 9.62 Å². The van der Waals surface area contributed by atoms with Crippen LogP contribution in [-0.2, 0) is 20.0 Å². The molecule has 0 fully saturated rings. The fourth-order valence-corrected chi connectivity index (χ4v) is 3.85. The summed E-state index contributed by atoms with van der Waals surface area (Å²) in [6.07, 6.45) is 0. The van der Waals surface area contributed by atoms with Crippen LogP contribution in [-0.4, -0.2) is 46.9 Å². The van der Waals surface area contributed by atoms with Crippen LogP contribution in [0.2, 0.25) is 0 Å². The van der Waals surface area contributed by atoms with Crippen LogP contribution in [0.25, 0.3) is 0 Å². The average Bonchev–Trinajstić information content (AvgIpc) is 2.42. The highest BCUT2D eigenvalue weighted by Gasteiger charge is 2.17. The lowest BCUT2D eigenvalue weighted by Gasteiger charge is -2.30. The molecule has 7 nitrogen and oxygen atoms in total. The summed E-state index contributed by atoms with van der Waals surface area (Å²) in [5.41, 5.74) is 0. The van der Waals surface area contributed by atoms with Crippen LogP contribution in [0.3, 0.4) is 0 Å². The number of primary sulfonamides is 1. The number of nitrogens with one attached hydrogen (secondary N) is 1. The third kappa shape index (κ3) is 5.85. The van der Waals surface area contributed by atoms with E-state index in [-0.39, 0.29) is 16.3 Å². The van der Waals surface area contributed by atoms with Crippen molar-refractivity contribution in [2.75, 3.05) is 13.1 Å². The molecule has 0 atom stereocenters. The Balaban J connectivity index is 2.77. The maximum Gasteiger partial charge on any atom is 0.240 e. The van der Waals surface area contributed by atoms with E-state index < -0.39 is 20.0 Å². The molecule has 0 spiro atoms. The third-order valence-corrected chi connectivity index (χ3v) is 5.86. The lowest BCUT2D eigenvalue weighted by atomic mass is 10.2. The van der Waals surface area contributed by atoms with Crippen molar-refractivity contribution in [3.05, 3.63) is 24.3 Å². The summed E-state index contributed by atoms with van der Waals surface area (Å²) in [6.45, 7) is 9.08. The van der Waals surface area contributed by atoms with E-state index in [2.05, 4.69) is 37.3 Å². The molecular formula is C14H25N3O4S2. The Morgan fingerprint density at radius 2 is 1.39 bits per heavy atom. The van der Waals surface area contributed by atoms with Gasteiger partial charge >= 0.3 is 0 Å². The van der Waals surface area contributed by atoms with Crippen molar-refractivity contribution in [1.29, 1.82) is 0 Å². The largest absolute Gasteiger partial charge is 0.297 e. The van der Waals surface area contributed by atoms with Crippen molar-refractivity contribution < 1.29 is 16.8 Å². The van der Waals surface area contributed by atoms with E-state index in [1.54, 1.807) is 0 Å². The van der Waals surface area contributed by atoms with Crippen LogP contribution in [0.15, 0.2) is 34.1 Å². The molecule has 1 rings (SSSR count). The zero-order valence-corrected chi connectivity index (χ0v) is 15.5. The zero-order valence-electron chi connectivity index (χ0n) is 13.9. The second-order valence-electron chi connectivity index (χ2n) is 5.84. The highest BCUT2D eigenvalue weighted by atomic mass is 32.2. The molecule has 0 unspecified atom stereocenters.